The quantitative estimate of drug-likeness (QED) is 0.319. The van der Waals surface area contributed by atoms with Crippen LogP contribution in [0.25, 0.3) is 0 Å². The lowest BCUT2D eigenvalue weighted by Gasteiger charge is -2.09. The minimum Gasteiger partial charge on any atom is -0.0888 e. The number of hydrogen-bond donors (Lipinski definition) is 0. The summed E-state index contributed by atoms with van der Waals surface area (Å²) in [5.41, 5.74) is 0. The first kappa shape index (κ1) is 14.7. The Kier molecular flexibility index (Phi) is 11.6. The van der Waals surface area contributed by atoms with Crippen molar-refractivity contribution in [2.75, 3.05) is 0 Å². The molecule has 1 unspecified atom stereocenters. The number of rotatable bonds is 10. The van der Waals surface area contributed by atoms with Crippen molar-refractivity contribution < 1.29 is 0 Å². The Morgan fingerprint density at radius 2 is 1.53 bits per heavy atom. The van der Waals surface area contributed by atoms with Gasteiger partial charge < -0.3 is 0 Å². The largest absolute Gasteiger partial charge is 0.0888 e. The van der Waals surface area contributed by atoms with Crippen LogP contribution in [0.4, 0.5) is 0 Å². The van der Waals surface area contributed by atoms with Crippen molar-refractivity contribution in [3.63, 3.8) is 0 Å². The SMILES string of the molecule is CCC=CCCCCC(C)CCCCC. The van der Waals surface area contributed by atoms with E-state index in [0.29, 0.717) is 0 Å². The van der Waals surface area contributed by atoms with Gasteiger partial charge in [-0.1, -0.05) is 71.4 Å². The molecule has 1 atom stereocenters. The zero-order chi connectivity index (χ0) is 11.4. The van der Waals surface area contributed by atoms with E-state index in [-0.39, 0.29) is 0 Å². The second kappa shape index (κ2) is 11.8. The smallest absolute Gasteiger partial charge is 0.0351 e. The molecule has 0 aromatic carbocycles. The van der Waals surface area contributed by atoms with Crippen molar-refractivity contribution in [2.24, 2.45) is 5.92 Å². The van der Waals surface area contributed by atoms with E-state index in [4.69, 9.17) is 0 Å². The summed E-state index contributed by atoms with van der Waals surface area (Å²) in [6.45, 7) is 6.90. The average Bonchev–Trinajstić information content (AvgIpc) is 2.23. The number of hydrogen-bond acceptors (Lipinski definition) is 0. The summed E-state index contributed by atoms with van der Waals surface area (Å²) in [6, 6.07) is 0. The van der Waals surface area contributed by atoms with Crippen molar-refractivity contribution in [1.82, 2.24) is 0 Å². The fraction of sp³-hybridized carbons (Fsp3) is 0.867. The van der Waals surface area contributed by atoms with E-state index < -0.39 is 0 Å². The highest BCUT2D eigenvalue weighted by Crippen LogP contribution is 2.16. The third kappa shape index (κ3) is 11.7. The standard InChI is InChI=1S/C15H30/c1-4-6-8-9-10-12-14-15(3)13-11-7-5-2/h6,8,15H,4-5,7,9-14H2,1-3H3. The molecule has 0 aromatic rings. The molecule has 0 amide bonds. The lowest BCUT2D eigenvalue weighted by atomic mass is 9.97. The Hall–Kier alpha value is -0.260. The zero-order valence-corrected chi connectivity index (χ0v) is 11.1. The van der Waals surface area contributed by atoms with E-state index in [1.807, 2.05) is 0 Å². The highest BCUT2D eigenvalue weighted by molar-refractivity contribution is 4.79. The summed E-state index contributed by atoms with van der Waals surface area (Å²) >= 11 is 0. The summed E-state index contributed by atoms with van der Waals surface area (Å²) in [4.78, 5) is 0. The first-order valence-corrected chi connectivity index (χ1v) is 6.96. The van der Waals surface area contributed by atoms with Crippen molar-refractivity contribution >= 4 is 0 Å². The number of allylic oxidation sites excluding steroid dienone is 2. The summed E-state index contributed by atoms with van der Waals surface area (Å²) in [5, 5.41) is 0. The van der Waals surface area contributed by atoms with Crippen molar-refractivity contribution in [2.45, 2.75) is 78.6 Å². The zero-order valence-electron chi connectivity index (χ0n) is 11.1. The molecule has 90 valence electrons. The summed E-state index contributed by atoms with van der Waals surface area (Å²) in [5.74, 6) is 0.951. The van der Waals surface area contributed by atoms with E-state index in [0.717, 1.165) is 5.92 Å². The maximum absolute atomic E-state index is 2.41. The van der Waals surface area contributed by atoms with Crippen LogP contribution in [-0.4, -0.2) is 0 Å². The molecule has 0 saturated carbocycles. The molecule has 0 aliphatic heterocycles. The lowest BCUT2D eigenvalue weighted by molar-refractivity contribution is 0.444. The Morgan fingerprint density at radius 3 is 2.13 bits per heavy atom. The third-order valence-corrected chi connectivity index (χ3v) is 3.02. The van der Waals surface area contributed by atoms with Crippen LogP contribution in [0.3, 0.4) is 0 Å². The molecule has 0 aliphatic rings. The molecule has 0 saturated heterocycles. The monoisotopic (exact) mass is 210 g/mol. The minimum atomic E-state index is 0.951. The molecule has 0 rings (SSSR count). The van der Waals surface area contributed by atoms with Gasteiger partial charge in [0.25, 0.3) is 0 Å². The van der Waals surface area contributed by atoms with E-state index in [2.05, 4.69) is 32.9 Å². The Labute approximate surface area is 97.2 Å². The van der Waals surface area contributed by atoms with Crippen molar-refractivity contribution in [3.05, 3.63) is 12.2 Å². The third-order valence-electron chi connectivity index (χ3n) is 3.02. The molecule has 0 spiro atoms. The molecule has 15 heavy (non-hydrogen) atoms. The van der Waals surface area contributed by atoms with E-state index in [9.17, 15) is 0 Å². The second-order valence-corrected chi connectivity index (χ2v) is 4.77. The van der Waals surface area contributed by atoms with Crippen molar-refractivity contribution in [1.29, 1.82) is 0 Å². The minimum absolute atomic E-state index is 0.951. The summed E-state index contributed by atoms with van der Waals surface area (Å²) in [6.07, 6.45) is 17.0. The van der Waals surface area contributed by atoms with Crippen LogP contribution in [0.5, 0.6) is 0 Å². The highest BCUT2D eigenvalue weighted by Gasteiger charge is 2.00. The maximum Gasteiger partial charge on any atom is -0.0351 e. The van der Waals surface area contributed by atoms with Crippen LogP contribution in [0.2, 0.25) is 0 Å². The summed E-state index contributed by atoms with van der Waals surface area (Å²) in [7, 11) is 0. The first-order valence-electron chi connectivity index (χ1n) is 6.96. The molecule has 0 fully saturated rings. The van der Waals surface area contributed by atoms with Crippen LogP contribution in [0, 0.1) is 5.92 Å². The van der Waals surface area contributed by atoms with Gasteiger partial charge in [0, 0.05) is 0 Å². The van der Waals surface area contributed by atoms with Gasteiger partial charge in [-0.3, -0.25) is 0 Å². The molecule has 0 radical (unpaired) electrons. The van der Waals surface area contributed by atoms with Crippen LogP contribution < -0.4 is 0 Å². The summed E-state index contributed by atoms with van der Waals surface area (Å²) < 4.78 is 0. The molecular formula is C15H30. The van der Waals surface area contributed by atoms with Gasteiger partial charge in [-0.15, -0.1) is 0 Å². The molecule has 0 N–H and O–H groups in total. The van der Waals surface area contributed by atoms with Gasteiger partial charge in [0.05, 0.1) is 0 Å². The highest BCUT2D eigenvalue weighted by atomic mass is 14.1. The lowest BCUT2D eigenvalue weighted by Crippen LogP contribution is -1.94. The molecule has 0 heterocycles. The predicted molar refractivity (Wildman–Crippen MR) is 71.2 cm³/mol. The predicted octanol–water partition coefficient (Wildman–Crippen LogP) is 5.73. The van der Waals surface area contributed by atoms with E-state index in [1.54, 1.807) is 0 Å². The molecule has 0 nitrogen and oxygen atoms in total. The normalized spacial score (nSPS) is 13.5. The van der Waals surface area contributed by atoms with Gasteiger partial charge in [-0.05, 0) is 25.2 Å². The molecular weight excluding hydrogens is 180 g/mol. The Balaban J connectivity index is 3.16. The van der Waals surface area contributed by atoms with E-state index in [1.165, 1.54) is 57.8 Å². The molecule has 0 heteroatoms. The van der Waals surface area contributed by atoms with Crippen LogP contribution in [0.1, 0.15) is 78.6 Å². The van der Waals surface area contributed by atoms with Gasteiger partial charge in [0.15, 0.2) is 0 Å². The van der Waals surface area contributed by atoms with E-state index >= 15 is 0 Å². The van der Waals surface area contributed by atoms with Gasteiger partial charge in [0.1, 0.15) is 0 Å². The topological polar surface area (TPSA) is 0 Å². The first-order chi connectivity index (χ1) is 7.31. The Bertz CT molecular complexity index is 135. The Morgan fingerprint density at radius 1 is 0.867 bits per heavy atom. The molecule has 0 aliphatic carbocycles. The van der Waals surface area contributed by atoms with Crippen LogP contribution >= 0.6 is 0 Å². The molecule has 0 aromatic heterocycles. The second-order valence-electron chi connectivity index (χ2n) is 4.77. The van der Waals surface area contributed by atoms with Crippen molar-refractivity contribution in [3.8, 4) is 0 Å². The van der Waals surface area contributed by atoms with Crippen LogP contribution in [0.15, 0.2) is 12.2 Å². The van der Waals surface area contributed by atoms with Crippen LogP contribution in [-0.2, 0) is 0 Å². The maximum atomic E-state index is 2.41. The fourth-order valence-electron chi connectivity index (χ4n) is 1.93. The van der Waals surface area contributed by atoms with Gasteiger partial charge in [-0.25, -0.2) is 0 Å². The fourth-order valence-corrected chi connectivity index (χ4v) is 1.93. The molecule has 0 bridgehead atoms. The number of unbranched alkanes of at least 4 members (excludes halogenated alkanes) is 4. The van der Waals surface area contributed by atoms with Gasteiger partial charge >= 0.3 is 0 Å². The average molecular weight is 210 g/mol. The van der Waals surface area contributed by atoms with Gasteiger partial charge in [-0.2, -0.15) is 0 Å². The van der Waals surface area contributed by atoms with Gasteiger partial charge in [0.2, 0.25) is 0 Å².